The predicted octanol–water partition coefficient (Wildman–Crippen LogP) is 2.16. The van der Waals surface area contributed by atoms with Crippen LogP contribution in [0.4, 0.5) is 5.69 Å². The number of likely N-dealkylation sites (N-methyl/N-ethyl adjacent to an activating group) is 1. The lowest BCUT2D eigenvalue weighted by atomic mass is 10.2. The van der Waals surface area contributed by atoms with Crippen LogP contribution < -0.4 is 10.2 Å². The number of benzene rings is 1. The SMILES string of the molecule is CN(C)C(=O)CN=C(NC1CCCC1)N(C)Cc1cccc(N(C)C)c1. The zero-order chi connectivity index (χ0) is 19.1. The van der Waals surface area contributed by atoms with Crippen molar-refractivity contribution in [2.24, 2.45) is 4.99 Å². The maximum Gasteiger partial charge on any atom is 0.243 e. The highest BCUT2D eigenvalue weighted by molar-refractivity contribution is 5.85. The summed E-state index contributed by atoms with van der Waals surface area (Å²) >= 11 is 0. The summed E-state index contributed by atoms with van der Waals surface area (Å²) in [5.74, 6) is 0.820. The van der Waals surface area contributed by atoms with Crippen molar-refractivity contribution in [3.8, 4) is 0 Å². The number of aliphatic imine (C=N–C) groups is 1. The molecule has 1 aromatic carbocycles. The molecule has 1 aliphatic carbocycles. The van der Waals surface area contributed by atoms with E-state index in [9.17, 15) is 4.79 Å². The van der Waals surface area contributed by atoms with Crippen LogP contribution in [0.2, 0.25) is 0 Å². The molecule has 1 N–H and O–H groups in total. The molecule has 1 fully saturated rings. The van der Waals surface area contributed by atoms with E-state index in [0.717, 1.165) is 12.5 Å². The Bertz CT molecular complexity index is 620. The highest BCUT2D eigenvalue weighted by atomic mass is 16.2. The van der Waals surface area contributed by atoms with Gasteiger partial charge in [0.25, 0.3) is 0 Å². The van der Waals surface area contributed by atoms with Crippen LogP contribution in [0.15, 0.2) is 29.3 Å². The fraction of sp³-hybridized carbons (Fsp3) is 0.600. The molecule has 0 unspecified atom stereocenters. The average molecular weight is 360 g/mol. The monoisotopic (exact) mass is 359 g/mol. The number of nitrogens with one attached hydrogen (secondary N) is 1. The van der Waals surface area contributed by atoms with Crippen LogP contribution in [-0.4, -0.2) is 69.5 Å². The Balaban J connectivity index is 2.10. The normalized spacial score (nSPS) is 15.0. The van der Waals surface area contributed by atoms with E-state index in [-0.39, 0.29) is 12.5 Å². The van der Waals surface area contributed by atoms with E-state index in [1.165, 1.54) is 36.9 Å². The van der Waals surface area contributed by atoms with Crippen molar-refractivity contribution < 1.29 is 4.79 Å². The van der Waals surface area contributed by atoms with E-state index in [1.54, 1.807) is 19.0 Å². The van der Waals surface area contributed by atoms with Gasteiger partial charge < -0.3 is 20.0 Å². The van der Waals surface area contributed by atoms with Gasteiger partial charge in [-0.05, 0) is 30.5 Å². The molecule has 0 atom stereocenters. The van der Waals surface area contributed by atoms with Crippen LogP contribution in [0, 0.1) is 0 Å². The molecule has 2 rings (SSSR count). The van der Waals surface area contributed by atoms with Crippen LogP contribution in [0.5, 0.6) is 0 Å². The van der Waals surface area contributed by atoms with Gasteiger partial charge in [0.15, 0.2) is 5.96 Å². The summed E-state index contributed by atoms with van der Waals surface area (Å²) in [7, 11) is 9.65. The van der Waals surface area contributed by atoms with Gasteiger partial charge in [0.1, 0.15) is 6.54 Å². The maximum absolute atomic E-state index is 12.0. The molecule has 0 bridgehead atoms. The molecular weight excluding hydrogens is 326 g/mol. The molecule has 0 radical (unpaired) electrons. The van der Waals surface area contributed by atoms with Crippen molar-refractivity contribution in [1.29, 1.82) is 0 Å². The smallest absolute Gasteiger partial charge is 0.243 e. The molecule has 26 heavy (non-hydrogen) atoms. The first-order valence-corrected chi connectivity index (χ1v) is 9.35. The lowest BCUT2D eigenvalue weighted by Gasteiger charge is -2.26. The third-order valence-electron chi connectivity index (χ3n) is 4.76. The van der Waals surface area contributed by atoms with Gasteiger partial charge in [0, 0.05) is 53.5 Å². The Morgan fingerprint density at radius 1 is 1.15 bits per heavy atom. The van der Waals surface area contributed by atoms with Gasteiger partial charge in [-0.2, -0.15) is 0 Å². The molecule has 0 heterocycles. The van der Waals surface area contributed by atoms with Gasteiger partial charge >= 0.3 is 0 Å². The summed E-state index contributed by atoms with van der Waals surface area (Å²) in [6.07, 6.45) is 4.86. The molecule has 0 saturated heterocycles. The minimum Gasteiger partial charge on any atom is -0.378 e. The van der Waals surface area contributed by atoms with E-state index in [2.05, 4.69) is 44.4 Å². The molecule has 1 saturated carbocycles. The maximum atomic E-state index is 12.0. The van der Waals surface area contributed by atoms with Crippen LogP contribution in [0.1, 0.15) is 31.2 Å². The summed E-state index contributed by atoms with van der Waals surface area (Å²) < 4.78 is 0. The Hall–Kier alpha value is -2.24. The molecule has 1 aliphatic rings. The number of carbonyl (C=O) groups excluding carboxylic acids is 1. The Kier molecular flexibility index (Phi) is 7.30. The van der Waals surface area contributed by atoms with E-state index in [1.807, 2.05) is 21.1 Å². The fourth-order valence-corrected chi connectivity index (χ4v) is 3.09. The van der Waals surface area contributed by atoms with Gasteiger partial charge in [-0.25, -0.2) is 4.99 Å². The Morgan fingerprint density at radius 2 is 1.85 bits per heavy atom. The number of carbonyl (C=O) groups is 1. The van der Waals surface area contributed by atoms with Crippen molar-refractivity contribution >= 4 is 17.6 Å². The first-order chi connectivity index (χ1) is 12.4. The molecule has 0 aromatic heterocycles. The van der Waals surface area contributed by atoms with Crippen molar-refractivity contribution in [2.45, 2.75) is 38.3 Å². The van der Waals surface area contributed by atoms with E-state index in [0.29, 0.717) is 6.04 Å². The highest BCUT2D eigenvalue weighted by Gasteiger charge is 2.19. The van der Waals surface area contributed by atoms with Gasteiger partial charge in [0.05, 0.1) is 0 Å². The largest absolute Gasteiger partial charge is 0.378 e. The lowest BCUT2D eigenvalue weighted by molar-refractivity contribution is -0.127. The quantitative estimate of drug-likeness (QED) is 0.625. The molecule has 144 valence electrons. The predicted molar refractivity (Wildman–Crippen MR) is 109 cm³/mol. The second-order valence-corrected chi connectivity index (χ2v) is 7.47. The Morgan fingerprint density at radius 3 is 2.46 bits per heavy atom. The topological polar surface area (TPSA) is 51.2 Å². The zero-order valence-corrected chi connectivity index (χ0v) is 16.8. The summed E-state index contributed by atoms with van der Waals surface area (Å²) in [4.78, 5) is 22.3. The number of rotatable bonds is 6. The number of nitrogens with zero attached hydrogens (tertiary/aromatic N) is 4. The van der Waals surface area contributed by atoms with Crippen molar-refractivity contribution in [3.63, 3.8) is 0 Å². The van der Waals surface area contributed by atoms with Crippen LogP contribution in [0.25, 0.3) is 0 Å². The summed E-state index contributed by atoms with van der Waals surface area (Å²) in [5.41, 5.74) is 2.40. The van der Waals surface area contributed by atoms with E-state index >= 15 is 0 Å². The van der Waals surface area contributed by atoms with Crippen LogP contribution >= 0.6 is 0 Å². The minimum absolute atomic E-state index is 0.0127. The lowest BCUT2D eigenvalue weighted by Crippen LogP contribution is -2.43. The first-order valence-electron chi connectivity index (χ1n) is 9.35. The molecule has 0 aliphatic heterocycles. The average Bonchev–Trinajstić information content (AvgIpc) is 3.11. The molecular formula is C20H33N5O. The van der Waals surface area contributed by atoms with Crippen molar-refractivity contribution in [1.82, 2.24) is 15.1 Å². The number of hydrogen-bond acceptors (Lipinski definition) is 3. The zero-order valence-electron chi connectivity index (χ0n) is 16.8. The second-order valence-electron chi connectivity index (χ2n) is 7.47. The molecule has 0 spiro atoms. The van der Waals surface area contributed by atoms with Gasteiger partial charge in [-0.1, -0.05) is 25.0 Å². The fourth-order valence-electron chi connectivity index (χ4n) is 3.09. The van der Waals surface area contributed by atoms with E-state index in [4.69, 9.17) is 0 Å². The van der Waals surface area contributed by atoms with Gasteiger partial charge in [-0.15, -0.1) is 0 Å². The first kappa shape index (κ1) is 20.1. The van der Waals surface area contributed by atoms with Crippen molar-refractivity contribution in [2.75, 3.05) is 46.7 Å². The van der Waals surface area contributed by atoms with Crippen LogP contribution in [-0.2, 0) is 11.3 Å². The van der Waals surface area contributed by atoms with Gasteiger partial charge in [0.2, 0.25) is 5.91 Å². The molecule has 6 heteroatoms. The number of guanidine groups is 1. The molecule has 1 amide bonds. The Labute approximate surface area is 157 Å². The van der Waals surface area contributed by atoms with Crippen LogP contribution in [0.3, 0.4) is 0 Å². The summed E-state index contributed by atoms with van der Waals surface area (Å²) in [5, 5.41) is 3.56. The third kappa shape index (κ3) is 5.93. The third-order valence-corrected chi connectivity index (χ3v) is 4.76. The van der Waals surface area contributed by atoms with Crippen molar-refractivity contribution in [3.05, 3.63) is 29.8 Å². The molecule has 1 aromatic rings. The second kappa shape index (κ2) is 9.46. The minimum atomic E-state index is 0.0127. The van der Waals surface area contributed by atoms with Gasteiger partial charge in [-0.3, -0.25) is 4.79 Å². The number of amides is 1. The number of anilines is 1. The van der Waals surface area contributed by atoms with E-state index < -0.39 is 0 Å². The standard InChI is InChI=1S/C20H33N5O/c1-23(2)18-12-8-9-16(13-18)15-25(5)20(21-14-19(26)24(3)4)22-17-10-6-7-11-17/h8-9,12-13,17H,6-7,10-11,14-15H2,1-5H3,(H,21,22). The number of hydrogen-bond donors (Lipinski definition) is 1. The molecule has 6 nitrogen and oxygen atoms in total. The summed E-state index contributed by atoms with van der Waals surface area (Å²) in [6, 6.07) is 8.95. The summed E-state index contributed by atoms with van der Waals surface area (Å²) in [6.45, 7) is 0.917. The highest BCUT2D eigenvalue weighted by Crippen LogP contribution is 2.18.